The average Bonchev–Trinajstić information content (AvgIpc) is 2.70. The number of hydrogen-bond donors (Lipinski definition) is 1. The molecule has 20 heavy (non-hydrogen) atoms. The van der Waals surface area contributed by atoms with Gasteiger partial charge in [-0.05, 0) is 30.5 Å². The van der Waals surface area contributed by atoms with E-state index in [0.29, 0.717) is 29.9 Å². The highest BCUT2D eigenvalue weighted by molar-refractivity contribution is 6.00. The molecule has 0 bridgehead atoms. The van der Waals surface area contributed by atoms with E-state index in [9.17, 15) is 4.79 Å². The summed E-state index contributed by atoms with van der Waals surface area (Å²) in [7, 11) is 3.13. The molecule has 2 rings (SSSR count). The van der Waals surface area contributed by atoms with Gasteiger partial charge in [-0.2, -0.15) is 0 Å². The van der Waals surface area contributed by atoms with Crippen molar-refractivity contribution in [1.82, 2.24) is 5.32 Å². The van der Waals surface area contributed by atoms with Crippen LogP contribution >= 0.6 is 0 Å². The van der Waals surface area contributed by atoms with Gasteiger partial charge in [-0.25, -0.2) is 0 Å². The van der Waals surface area contributed by atoms with Crippen molar-refractivity contribution in [3.05, 3.63) is 48.6 Å². The lowest BCUT2D eigenvalue weighted by atomic mass is 9.84. The fraction of sp³-hybridized carbons (Fsp3) is 0.312. The zero-order chi connectivity index (χ0) is 14.8. The molecule has 0 aromatic heterocycles. The van der Waals surface area contributed by atoms with Gasteiger partial charge in [0.2, 0.25) is 0 Å². The van der Waals surface area contributed by atoms with Crippen molar-refractivity contribution in [2.45, 2.75) is 18.4 Å². The SMILES string of the molecule is C=CCC1(CC=C)NC(=O)c2cc(OC)c(OC)cc21. The lowest BCUT2D eigenvalue weighted by Crippen LogP contribution is -2.38. The minimum absolute atomic E-state index is 0.107. The third-order valence-corrected chi connectivity index (χ3v) is 3.62. The summed E-state index contributed by atoms with van der Waals surface area (Å²) >= 11 is 0. The van der Waals surface area contributed by atoms with Gasteiger partial charge in [0.05, 0.1) is 19.8 Å². The molecule has 1 aromatic rings. The molecular weight excluding hydrogens is 254 g/mol. The Hall–Kier alpha value is -2.23. The molecule has 0 spiro atoms. The van der Waals surface area contributed by atoms with E-state index < -0.39 is 5.54 Å². The third-order valence-electron chi connectivity index (χ3n) is 3.62. The second-order valence-electron chi connectivity index (χ2n) is 4.77. The Morgan fingerprint density at radius 1 is 1.15 bits per heavy atom. The molecule has 4 nitrogen and oxygen atoms in total. The summed E-state index contributed by atoms with van der Waals surface area (Å²) < 4.78 is 10.6. The smallest absolute Gasteiger partial charge is 0.252 e. The van der Waals surface area contributed by atoms with Crippen molar-refractivity contribution in [2.24, 2.45) is 0 Å². The van der Waals surface area contributed by atoms with E-state index in [1.807, 2.05) is 6.07 Å². The lowest BCUT2D eigenvalue weighted by Gasteiger charge is -2.28. The van der Waals surface area contributed by atoms with Gasteiger partial charge < -0.3 is 14.8 Å². The van der Waals surface area contributed by atoms with Crippen LogP contribution in [0.3, 0.4) is 0 Å². The molecule has 1 aliphatic rings. The summed E-state index contributed by atoms with van der Waals surface area (Å²) in [5.41, 5.74) is 1.03. The van der Waals surface area contributed by atoms with Gasteiger partial charge in [-0.1, -0.05) is 12.2 Å². The first-order chi connectivity index (χ1) is 9.61. The Labute approximate surface area is 119 Å². The van der Waals surface area contributed by atoms with Crippen molar-refractivity contribution in [3.8, 4) is 11.5 Å². The minimum atomic E-state index is -0.491. The highest BCUT2D eigenvalue weighted by Gasteiger charge is 2.42. The van der Waals surface area contributed by atoms with E-state index in [0.717, 1.165) is 5.56 Å². The van der Waals surface area contributed by atoms with Crippen molar-refractivity contribution in [1.29, 1.82) is 0 Å². The molecule has 1 N–H and O–H groups in total. The number of rotatable bonds is 6. The number of benzene rings is 1. The van der Waals surface area contributed by atoms with Crippen LogP contribution in [-0.2, 0) is 5.54 Å². The molecule has 4 heteroatoms. The molecule has 0 saturated heterocycles. The van der Waals surface area contributed by atoms with E-state index in [4.69, 9.17) is 9.47 Å². The number of amides is 1. The zero-order valence-corrected chi connectivity index (χ0v) is 11.9. The topological polar surface area (TPSA) is 47.6 Å². The number of fused-ring (bicyclic) bond motifs is 1. The third kappa shape index (κ3) is 2.07. The molecule has 1 aliphatic heterocycles. The average molecular weight is 273 g/mol. The Balaban J connectivity index is 2.63. The van der Waals surface area contributed by atoms with E-state index in [-0.39, 0.29) is 5.91 Å². The second kappa shape index (κ2) is 5.41. The molecule has 106 valence electrons. The number of methoxy groups -OCH3 is 2. The Bertz CT molecular complexity index is 553. The number of hydrogen-bond acceptors (Lipinski definition) is 3. The van der Waals surface area contributed by atoms with Crippen LogP contribution in [0.15, 0.2) is 37.4 Å². The molecule has 0 radical (unpaired) electrons. The van der Waals surface area contributed by atoms with Crippen LogP contribution in [-0.4, -0.2) is 20.1 Å². The van der Waals surface area contributed by atoms with Crippen LogP contribution in [0.25, 0.3) is 0 Å². The van der Waals surface area contributed by atoms with Crippen molar-refractivity contribution < 1.29 is 14.3 Å². The normalized spacial score (nSPS) is 15.2. The summed E-state index contributed by atoms with van der Waals surface area (Å²) in [5, 5.41) is 3.04. The standard InChI is InChI=1S/C16H19NO3/c1-5-7-16(8-6-2)12-10-14(20-4)13(19-3)9-11(12)15(18)17-16/h5-6,9-10H,1-2,7-8H2,3-4H3,(H,17,18). The fourth-order valence-corrected chi connectivity index (χ4v) is 2.71. The van der Waals surface area contributed by atoms with Gasteiger partial charge in [-0.15, -0.1) is 13.2 Å². The zero-order valence-electron chi connectivity index (χ0n) is 11.9. The lowest BCUT2D eigenvalue weighted by molar-refractivity contribution is 0.0930. The molecular formula is C16H19NO3. The molecule has 0 atom stereocenters. The van der Waals surface area contributed by atoms with Crippen LogP contribution < -0.4 is 14.8 Å². The first-order valence-corrected chi connectivity index (χ1v) is 6.42. The Kier molecular flexibility index (Phi) is 3.84. The Morgan fingerprint density at radius 3 is 2.20 bits per heavy atom. The van der Waals surface area contributed by atoms with Crippen LogP contribution in [0.2, 0.25) is 0 Å². The maximum absolute atomic E-state index is 12.2. The van der Waals surface area contributed by atoms with Crippen molar-refractivity contribution in [3.63, 3.8) is 0 Å². The van der Waals surface area contributed by atoms with Gasteiger partial charge in [0.15, 0.2) is 11.5 Å². The van der Waals surface area contributed by atoms with Gasteiger partial charge in [0.1, 0.15) is 0 Å². The highest BCUT2D eigenvalue weighted by atomic mass is 16.5. The predicted molar refractivity (Wildman–Crippen MR) is 78.3 cm³/mol. The molecule has 0 fully saturated rings. The van der Waals surface area contributed by atoms with Crippen LogP contribution in [0.5, 0.6) is 11.5 Å². The summed E-state index contributed by atoms with van der Waals surface area (Å²) in [6, 6.07) is 3.58. The molecule has 0 saturated carbocycles. The quantitative estimate of drug-likeness (QED) is 0.811. The number of carbonyl (C=O) groups is 1. The monoisotopic (exact) mass is 273 g/mol. The minimum Gasteiger partial charge on any atom is -0.493 e. The van der Waals surface area contributed by atoms with E-state index in [2.05, 4.69) is 18.5 Å². The van der Waals surface area contributed by atoms with Crippen LogP contribution in [0, 0.1) is 0 Å². The van der Waals surface area contributed by atoms with Gasteiger partial charge >= 0.3 is 0 Å². The van der Waals surface area contributed by atoms with E-state index in [1.54, 1.807) is 32.4 Å². The summed E-state index contributed by atoms with van der Waals surface area (Å²) in [6.45, 7) is 7.57. The summed E-state index contributed by atoms with van der Waals surface area (Å²) in [5.74, 6) is 1.05. The number of ether oxygens (including phenoxy) is 2. The van der Waals surface area contributed by atoms with E-state index >= 15 is 0 Å². The van der Waals surface area contributed by atoms with Crippen molar-refractivity contribution >= 4 is 5.91 Å². The summed E-state index contributed by atoms with van der Waals surface area (Å²) in [6.07, 6.45) is 4.87. The van der Waals surface area contributed by atoms with Gasteiger partial charge in [0, 0.05) is 5.56 Å². The predicted octanol–water partition coefficient (Wildman–Crippen LogP) is 2.79. The van der Waals surface area contributed by atoms with Crippen LogP contribution in [0.4, 0.5) is 0 Å². The first kappa shape index (κ1) is 14.2. The van der Waals surface area contributed by atoms with E-state index in [1.165, 1.54) is 0 Å². The molecule has 1 heterocycles. The first-order valence-electron chi connectivity index (χ1n) is 6.42. The van der Waals surface area contributed by atoms with Crippen LogP contribution in [0.1, 0.15) is 28.8 Å². The fourth-order valence-electron chi connectivity index (χ4n) is 2.71. The van der Waals surface area contributed by atoms with Gasteiger partial charge in [-0.3, -0.25) is 4.79 Å². The Morgan fingerprint density at radius 2 is 1.70 bits per heavy atom. The maximum atomic E-state index is 12.2. The largest absolute Gasteiger partial charge is 0.493 e. The molecule has 0 aliphatic carbocycles. The van der Waals surface area contributed by atoms with Crippen molar-refractivity contribution in [2.75, 3.05) is 14.2 Å². The molecule has 1 aromatic carbocycles. The second-order valence-corrected chi connectivity index (χ2v) is 4.77. The molecule has 1 amide bonds. The molecule has 0 unspecified atom stereocenters. The summed E-state index contributed by atoms with van der Waals surface area (Å²) in [4.78, 5) is 12.2. The number of carbonyl (C=O) groups excluding carboxylic acids is 1. The maximum Gasteiger partial charge on any atom is 0.252 e. The highest BCUT2D eigenvalue weighted by Crippen LogP contribution is 2.42. The van der Waals surface area contributed by atoms with Gasteiger partial charge in [0.25, 0.3) is 5.91 Å². The number of nitrogens with one attached hydrogen (secondary N) is 1.